The van der Waals surface area contributed by atoms with Crippen molar-refractivity contribution in [2.45, 2.75) is 33.0 Å². The second-order valence-electron chi connectivity index (χ2n) is 12.5. The van der Waals surface area contributed by atoms with E-state index in [0.29, 0.717) is 47.1 Å². The number of hydrogen-bond donors (Lipinski definition) is 3. The fourth-order valence-electron chi connectivity index (χ4n) is 5.02. The average Bonchev–Trinajstić information content (AvgIpc) is 3.10. The molecule has 3 aromatic carbocycles. The van der Waals surface area contributed by atoms with E-state index in [9.17, 15) is 22.8 Å². The first-order valence-corrected chi connectivity index (χ1v) is 16.5. The normalized spacial score (nSPS) is 15.6. The molecule has 11 nitrogen and oxygen atoms in total. The molecule has 0 atom stereocenters. The summed E-state index contributed by atoms with van der Waals surface area (Å²) in [5.74, 6) is -0.180. The van der Waals surface area contributed by atoms with Crippen molar-refractivity contribution < 1.29 is 32.2 Å². The smallest absolute Gasteiger partial charge is 0.422 e. The van der Waals surface area contributed by atoms with Gasteiger partial charge in [0.25, 0.3) is 5.91 Å². The highest BCUT2D eigenvalue weighted by molar-refractivity contribution is 6.32. The molecule has 1 aromatic heterocycles. The van der Waals surface area contributed by atoms with Gasteiger partial charge in [-0.2, -0.15) is 28.1 Å². The quantitative estimate of drug-likeness (QED) is 0.193. The number of ether oxygens (including phenoxy) is 2. The zero-order valence-electron chi connectivity index (χ0n) is 28.0. The van der Waals surface area contributed by atoms with Crippen LogP contribution in [0.5, 0.6) is 11.8 Å². The number of alkyl halides is 3. The lowest BCUT2D eigenvalue weighted by molar-refractivity contribution is -0.154. The Morgan fingerprint density at radius 3 is 2.49 bits per heavy atom. The van der Waals surface area contributed by atoms with Gasteiger partial charge in [-0.15, -0.1) is 0 Å². The summed E-state index contributed by atoms with van der Waals surface area (Å²) >= 11 is 6.53. The average molecular weight is 724 g/mol. The summed E-state index contributed by atoms with van der Waals surface area (Å²) in [6, 6.07) is 20.5. The van der Waals surface area contributed by atoms with Gasteiger partial charge in [0.15, 0.2) is 6.61 Å². The van der Waals surface area contributed by atoms with E-state index in [-0.39, 0.29) is 43.4 Å². The highest BCUT2D eigenvalue weighted by Gasteiger charge is 2.29. The number of hydrogen-bond acceptors (Lipinski definition) is 9. The van der Waals surface area contributed by atoms with Gasteiger partial charge < -0.3 is 30.3 Å². The van der Waals surface area contributed by atoms with E-state index >= 15 is 0 Å². The van der Waals surface area contributed by atoms with Gasteiger partial charge in [-0.1, -0.05) is 61.8 Å². The maximum atomic E-state index is 13.4. The van der Waals surface area contributed by atoms with Crippen LogP contribution in [0.3, 0.4) is 0 Å². The van der Waals surface area contributed by atoms with Gasteiger partial charge in [0, 0.05) is 43.5 Å². The maximum absolute atomic E-state index is 13.4. The standard InChI is InChI=1S/C36H37ClF3N7O4/c1-35(2)21-42-31(49)26-11-13-27(14-12-26)43-33-44-32(45-34(46-33)51-23-36(38,39)40)41-20-25-9-15-29(28(37)19-25)50-18-6-17-47(22-35)30(48)16-10-24-7-4-3-5-8-24/h3-5,7-16,19H,6,17-18,20-23H2,1-2H3,(H,42,49)(H2,41,43,44,45,46)/b16-10+. The lowest BCUT2D eigenvalue weighted by atomic mass is 9.92. The largest absolute Gasteiger partial charge is 0.492 e. The zero-order valence-corrected chi connectivity index (χ0v) is 28.7. The molecule has 0 saturated heterocycles. The molecular weight excluding hydrogens is 687 g/mol. The van der Waals surface area contributed by atoms with Crippen molar-refractivity contribution in [1.82, 2.24) is 25.2 Å². The van der Waals surface area contributed by atoms with E-state index in [0.717, 1.165) is 5.56 Å². The second-order valence-corrected chi connectivity index (χ2v) is 12.9. The highest BCUT2D eigenvalue weighted by atomic mass is 35.5. The van der Waals surface area contributed by atoms with Gasteiger partial charge in [0.05, 0.1) is 11.6 Å². The van der Waals surface area contributed by atoms with Crippen LogP contribution in [-0.4, -0.2) is 70.7 Å². The molecule has 51 heavy (non-hydrogen) atoms. The summed E-state index contributed by atoms with van der Waals surface area (Å²) in [6.45, 7) is 3.81. The lowest BCUT2D eigenvalue weighted by Crippen LogP contribution is -2.44. The maximum Gasteiger partial charge on any atom is 0.422 e. The number of halogens is 4. The zero-order chi connectivity index (χ0) is 36.4. The number of benzene rings is 3. The predicted octanol–water partition coefficient (Wildman–Crippen LogP) is 6.90. The molecule has 268 valence electrons. The van der Waals surface area contributed by atoms with Crippen LogP contribution < -0.4 is 25.4 Å². The summed E-state index contributed by atoms with van der Waals surface area (Å²) in [7, 11) is 0. The Bertz CT molecular complexity index is 1840. The van der Waals surface area contributed by atoms with Crippen LogP contribution in [0.25, 0.3) is 6.08 Å². The van der Waals surface area contributed by atoms with E-state index in [2.05, 4.69) is 30.9 Å². The Hall–Kier alpha value is -5.37. The Morgan fingerprint density at radius 2 is 1.76 bits per heavy atom. The third-order valence-corrected chi connectivity index (χ3v) is 7.83. The molecule has 3 N–H and O–H groups in total. The minimum Gasteiger partial charge on any atom is -0.492 e. The van der Waals surface area contributed by atoms with E-state index < -0.39 is 24.2 Å². The van der Waals surface area contributed by atoms with Crippen molar-refractivity contribution >= 4 is 47.1 Å². The van der Waals surface area contributed by atoms with E-state index in [4.69, 9.17) is 21.1 Å². The van der Waals surface area contributed by atoms with Gasteiger partial charge in [-0.25, -0.2) is 0 Å². The topological polar surface area (TPSA) is 131 Å². The van der Waals surface area contributed by atoms with Crippen LogP contribution in [0.1, 0.15) is 41.8 Å². The Labute approximate surface area is 298 Å². The van der Waals surface area contributed by atoms with Crippen molar-refractivity contribution in [1.29, 1.82) is 0 Å². The molecule has 0 radical (unpaired) electrons. The van der Waals surface area contributed by atoms with Crippen molar-refractivity contribution in [2.75, 3.05) is 43.5 Å². The number of nitrogens with zero attached hydrogens (tertiary/aromatic N) is 4. The number of anilines is 3. The number of nitrogens with one attached hydrogen (secondary N) is 3. The van der Waals surface area contributed by atoms with Crippen LogP contribution in [0, 0.1) is 5.41 Å². The molecule has 5 heterocycles. The van der Waals surface area contributed by atoms with E-state index in [1.165, 1.54) is 0 Å². The third kappa shape index (κ3) is 11.6. The number of amides is 2. The monoisotopic (exact) mass is 723 g/mol. The summed E-state index contributed by atoms with van der Waals surface area (Å²) in [4.78, 5) is 40.5. The Balaban J connectivity index is 1.38. The molecule has 4 aliphatic rings. The lowest BCUT2D eigenvalue weighted by Gasteiger charge is -2.32. The third-order valence-electron chi connectivity index (χ3n) is 7.54. The fraction of sp³-hybridized carbons (Fsp3) is 0.306. The van der Waals surface area contributed by atoms with Crippen molar-refractivity contribution in [3.63, 3.8) is 0 Å². The molecular formula is C36H37ClF3N7O4. The number of carbonyl (C=O) groups is 2. The minimum absolute atomic E-state index is 0.0492. The first kappa shape index (κ1) is 36.9. The van der Waals surface area contributed by atoms with Gasteiger partial charge >= 0.3 is 12.2 Å². The van der Waals surface area contributed by atoms with Gasteiger partial charge in [0.1, 0.15) is 5.75 Å². The SMILES string of the molecule is CC1(C)CNC(=O)c2ccc(cc2)Nc2nc(nc(OCC(F)(F)F)n2)NCc2ccc(c(Cl)c2)OCCCN(C(=O)/C=C/c2ccccc2)C1. The highest BCUT2D eigenvalue weighted by Crippen LogP contribution is 2.27. The number of rotatable bonds is 4. The van der Waals surface area contributed by atoms with E-state index in [1.54, 1.807) is 59.5 Å². The van der Waals surface area contributed by atoms with Crippen LogP contribution in [0.15, 0.2) is 78.9 Å². The van der Waals surface area contributed by atoms with Crippen LogP contribution in [-0.2, 0) is 11.3 Å². The fourth-order valence-corrected chi connectivity index (χ4v) is 5.28. The van der Waals surface area contributed by atoms with Crippen LogP contribution >= 0.6 is 11.6 Å². The number of carbonyl (C=O) groups excluding carboxylic acids is 2. The first-order chi connectivity index (χ1) is 24.3. The summed E-state index contributed by atoms with van der Waals surface area (Å²) < 4.78 is 49.4. The molecule has 8 rings (SSSR count). The molecule has 0 saturated carbocycles. The van der Waals surface area contributed by atoms with Gasteiger partial charge in [-0.3, -0.25) is 9.59 Å². The molecule has 6 bridgehead atoms. The van der Waals surface area contributed by atoms with Crippen molar-refractivity contribution in [2.24, 2.45) is 5.41 Å². The number of aromatic nitrogens is 3. The molecule has 0 spiro atoms. The summed E-state index contributed by atoms with van der Waals surface area (Å²) in [6.07, 6.45) is -0.775. The molecule has 0 aliphatic carbocycles. The Kier molecular flexibility index (Phi) is 12.0. The molecule has 15 heteroatoms. The molecule has 4 aliphatic heterocycles. The van der Waals surface area contributed by atoms with Gasteiger partial charge in [-0.05, 0) is 65.4 Å². The minimum atomic E-state index is -4.60. The second kappa shape index (κ2) is 16.6. The predicted molar refractivity (Wildman–Crippen MR) is 188 cm³/mol. The molecule has 0 unspecified atom stereocenters. The van der Waals surface area contributed by atoms with E-state index in [1.807, 2.05) is 44.2 Å². The van der Waals surface area contributed by atoms with Crippen LogP contribution in [0.4, 0.5) is 30.8 Å². The van der Waals surface area contributed by atoms with Gasteiger partial charge in [0.2, 0.25) is 17.8 Å². The van der Waals surface area contributed by atoms with Crippen LogP contribution in [0.2, 0.25) is 5.02 Å². The Morgan fingerprint density at radius 1 is 1.02 bits per heavy atom. The van der Waals surface area contributed by atoms with Crippen molar-refractivity contribution in [3.8, 4) is 11.8 Å². The van der Waals surface area contributed by atoms with Crippen molar-refractivity contribution in [3.05, 3.63) is 101 Å². The summed E-state index contributed by atoms with van der Waals surface area (Å²) in [5.41, 5.74) is 1.95. The molecule has 2 amide bonds. The molecule has 0 fully saturated rings. The molecule has 4 aromatic rings. The first-order valence-electron chi connectivity index (χ1n) is 16.1. The summed E-state index contributed by atoms with van der Waals surface area (Å²) in [5, 5.41) is 9.17.